The maximum Gasteiger partial charge on any atom is 0.257 e. The summed E-state index contributed by atoms with van der Waals surface area (Å²) in [7, 11) is 1.56. The third kappa shape index (κ3) is 2.75. The van der Waals surface area contributed by atoms with Gasteiger partial charge in [-0.3, -0.25) is 4.79 Å². The van der Waals surface area contributed by atoms with Crippen molar-refractivity contribution in [3.63, 3.8) is 0 Å². The third-order valence-electron chi connectivity index (χ3n) is 4.11. The number of amides is 1. The summed E-state index contributed by atoms with van der Waals surface area (Å²) in [6.45, 7) is 2.89. The summed E-state index contributed by atoms with van der Waals surface area (Å²) in [6.07, 6.45) is 1.35. The van der Waals surface area contributed by atoms with Crippen LogP contribution in [0, 0.1) is 6.92 Å². The van der Waals surface area contributed by atoms with E-state index in [2.05, 4.69) is 15.1 Å². The molecule has 0 N–H and O–H groups in total. The zero-order valence-corrected chi connectivity index (χ0v) is 13.9. The van der Waals surface area contributed by atoms with Crippen LogP contribution < -0.4 is 9.47 Å². The van der Waals surface area contributed by atoms with E-state index in [1.807, 2.05) is 25.1 Å². The van der Waals surface area contributed by atoms with Crippen molar-refractivity contribution in [2.75, 3.05) is 20.2 Å². The molecule has 0 bridgehead atoms. The van der Waals surface area contributed by atoms with E-state index < -0.39 is 0 Å². The molecule has 0 saturated carbocycles. The average molecular weight is 339 g/mol. The summed E-state index contributed by atoms with van der Waals surface area (Å²) in [4.78, 5) is 22.7. The van der Waals surface area contributed by atoms with Crippen molar-refractivity contribution < 1.29 is 14.3 Å². The molecule has 3 heterocycles. The smallest absolute Gasteiger partial charge is 0.257 e. The van der Waals surface area contributed by atoms with Gasteiger partial charge in [0.2, 0.25) is 5.88 Å². The van der Waals surface area contributed by atoms with Gasteiger partial charge in [0.15, 0.2) is 0 Å². The molecule has 1 amide bonds. The first-order valence-electron chi connectivity index (χ1n) is 7.92. The fourth-order valence-corrected chi connectivity index (χ4v) is 2.82. The maximum atomic E-state index is 12.6. The highest BCUT2D eigenvalue weighted by atomic mass is 16.5. The van der Waals surface area contributed by atoms with E-state index in [1.54, 1.807) is 28.7 Å². The van der Waals surface area contributed by atoms with Crippen LogP contribution in [-0.4, -0.2) is 56.7 Å². The molecule has 0 unspecified atom stereocenters. The lowest BCUT2D eigenvalue weighted by molar-refractivity contribution is 0.0148. The highest BCUT2D eigenvalue weighted by Gasteiger charge is 2.34. The van der Waals surface area contributed by atoms with Crippen LogP contribution in [0.3, 0.4) is 0 Å². The molecule has 1 aromatic carbocycles. The van der Waals surface area contributed by atoms with E-state index in [1.165, 1.54) is 6.33 Å². The van der Waals surface area contributed by atoms with Crippen molar-refractivity contribution in [2.24, 2.45) is 0 Å². The number of hydrogen-bond acceptors (Lipinski definition) is 6. The molecule has 25 heavy (non-hydrogen) atoms. The molecule has 8 heteroatoms. The highest BCUT2D eigenvalue weighted by molar-refractivity contribution is 5.97. The largest absolute Gasteiger partial charge is 0.496 e. The molecule has 1 aliphatic rings. The van der Waals surface area contributed by atoms with Gasteiger partial charge in [-0.1, -0.05) is 12.1 Å². The molecule has 4 rings (SSSR count). The summed E-state index contributed by atoms with van der Waals surface area (Å²) in [5.74, 6) is 1.59. The number of aryl methyl sites for hydroxylation is 1. The topological polar surface area (TPSA) is 81.8 Å². The minimum atomic E-state index is -0.0899. The van der Waals surface area contributed by atoms with Crippen molar-refractivity contribution in [1.29, 1.82) is 0 Å². The van der Waals surface area contributed by atoms with Gasteiger partial charge in [-0.2, -0.15) is 14.6 Å². The van der Waals surface area contributed by atoms with Gasteiger partial charge in [0.1, 0.15) is 18.2 Å². The Morgan fingerprint density at radius 3 is 2.88 bits per heavy atom. The van der Waals surface area contributed by atoms with E-state index in [0.717, 1.165) is 5.69 Å². The first kappa shape index (κ1) is 15.4. The number of likely N-dealkylation sites (tertiary alicyclic amines) is 1. The Morgan fingerprint density at radius 1 is 1.28 bits per heavy atom. The summed E-state index contributed by atoms with van der Waals surface area (Å²) in [6, 6.07) is 9.02. The van der Waals surface area contributed by atoms with Crippen LogP contribution in [0.15, 0.2) is 36.7 Å². The SMILES string of the molecule is COc1ccccc1C(=O)N1CC(Oc2cc(C)nc3ncnn23)C1. The molecule has 1 aliphatic heterocycles. The van der Waals surface area contributed by atoms with E-state index in [9.17, 15) is 4.79 Å². The van der Waals surface area contributed by atoms with Crippen molar-refractivity contribution in [2.45, 2.75) is 13.0 Å². The van der Waals surface area contributed by atoms with E-state index in [0.29, 0.717) is 36.1 Å². The van der Waals surface area contributed by atoms with Crippen LogP contribution in [0.4, 0.5) is 0 Å². The minimum Gasteiger partial charge on any atom is -0.496 e. The number of methoxy groups -OCH3 is 1. The standard InChI is InChI=1S/C17H17N5O3/c1-11-7-15(22-17(20-11)18-10-19-22)25-12-8-21(9-12)16(23)13-5-3-4-6-14(13)24-2/h3-7,10,12H,8-9H2,1-2H3. The van der Waals surface area contributed by atoms with Gasteiger partial charge in [0.25, 0.3) is 11.7 Å². The predicted octanol–water partition coefficient (Wildman–Crippen LogP) is 1.34. The fourth-order valence-electron chi connectivity index (χ4n) is 2.82. The third-order valence-corrected chi connectivity index (χ3v) is 4.11. The number of benzene rings is 1. The fraction of sp³-hybridized carbons (Fsp3) is 0.294. The lowest BCUT2D eigenvalue weighted by atomic mass is 10.1. The van der Waals surface area contributed by atoms with Gasteiger partial charge < -0.3 is 14.4 Å². The second-order valence-corrected chi connectivity index (χ2v) is 5.86. The van der Waals surface area contributed by atoms with Crippen LogP contribution in [0.5, 0.6) is 11.6 Å². The quantitative estimate of drug-likeness (QED) is 0.713. The van der Waals surface area contributed by atoms with Gasteiger partial charge in [-0.05, 0) is 19.1 Å². The normalized spacial score (nSPS) is 14.4. The van der Waals surface area contributed by atoms with E-state index in [4.69, 9.17) is 9.47 Å². The first-order valence-corrected chi connectivity index (χ1v) is 7.92. The Hall–Kier alpha value is -3.16. The lowest BCUT2D eigenvalue weighted by Crippen LogP contribution is -2.56. The number of ether oxygens (including phenoxy) is 2. The summed E-state index contributed by atoms with van der Waals surface area (Å²) >= 11 is 0. The second kappa shape index (κ2) is 6.04. The first-order chi connectivity index (χ1) is 12.2. The van der Waals surface area contributed by atoms with Gasteiger partial charge >= 0.3 is 0 Å². The van der Waals surface area contributed by atoms with E-state index in [-0.39, 0.29) is 12.0 Å². The number of para-hydroxylation sites is 1. The molecule has 8 nitrogen and oxygen atoms in total. The number of carbonyl (C=O) groups is 1. The minimum absolute atomic E-state index is 0.0610. The Balaban J connectivity index is 1.45. The molecule has 0 atom stereocenters. The summed E-state index contributed by atoms with van der Waals surface area (Å²) < 4.78 is 12.8. The predicted molar refractivity (Wildman–Crippen MR) is 88.8 cm³/mol. The van der Waals surface area contributed by atoms with Gasteiger partial charge in [-0.25, -0.2) is 4.98 Å². The molecular weight excluding hydrogens is 322 g/mol. The van der Waals surface area contributed by atoms with E-state index >= 15 is 0 Å². The van der Waals surface area contributed by atoms with Crippen molar-refractivity contribution in [1.82, 2.24) is 24.5 Å². The number of rotatable bonds is 4. The summed E-state index contributed by atoms with van der Waals surface area (Å²) in [5.41, 5.74) is 1.36. The highest BCUT2D eigenvalue weighted by Crippen LogP contribution is 2.24. The van der Waals surface area contributed by atoms with Crippen LogP contribution in [-0.2, 0) is 0 Å². The van der Waals surface area contributed by atoms with Crippen LogP contribution >= 0.6 is 0 Å². The van der Waals surface area contributed by atoms with Crippen LogP contribution in [0.2, 0.25) is 0 Å². The number of aromatic nitrogens is 4. The number of hydrogen-bond donors (Lipinski definition) is 0. The summed E-state index contributed by atoms with van der Waals surface area (Å²) in [5, 5.41) is 4.12. The van der Waals surface area contributed by atoms with Gasteiger partial charge in [-0.15, -0.1) is 0 Å². The molecule has 1 fully saturated rings. The molecule has 3 aromatic rings. The molecule has 0 spiro atoms. The van der Waals surface area contributed by atoms with Crippen molar-refractivity contribution in [3.8, 4) is 11.6 Å². The Labute approximate surface area is 144 Å². The maximum absolute atomic E-state index is 12.6. The van der Waals surface area contributed by atoms with Crippen LogP contribution in [0.1, 0.15) is 16.1 Å². The zero-order valence-electron chi connectivity index (χ0n) is 13.9. The van der Waals surface area contributed by atoms with Crippen LogP contribution in [0.25, 0.3) is 5.78 Å². The molecule has 1 saturated heterocycles. The molecular formula is C17H17N5O3. The Kier molecular flexibility index (Phi) is 3.72. The molecule has 0 aliphatic carbocycles. The van der Waals surface area contributed by atoms with Crippen molar-refractivity contribution >= 4 is 11.7 Å². The molecule has 0 radical (unpaired) electrons. The number of nitrogens with zero attached hydrogens (tertiary/aromatic N) is 5. The number of carbonyl (C=O) groups excluding carboxylic acids is 1. The molecule has 128 valence electrons. The second-order valence-electron chi connectivity index (χ2n) is 5.86. The number of fused-ring (bicyclic) bond motifs is 1. The van der Waals surface area contributed by atoms with Crippen molar-refractivity contribution in [3.05, 3.63) is 47.9 Å². The molecule has 2 aromatic heterocycles. The van der Waals surface area contributed by atoms with Gasteiger partial charge in [0.05, 0.1) is 25.8 Å². The zero-order chi connectivity index (χ0) is 17.4. The Bertz CT molecular complexity index is 933. The monoisotopic (exact) mass is 339 g/mol. The lowest BCUT2D eigenvalue weighted by Gasteiger charge is -2.39. The van der Waals surface area contributed by atoms with Gasteiger partial charge in [0, 0.05) is 11.8 Å². The average Bonchev–Trinajstić information content (AvgIpc) is 3.05. The Morgan fingerprint density at radius 2 is 2.08 bits per heavy atom.